The van der Waals surface area contributed by atoms with E-state index in [0.717, 1.165) is 23.7 Å². The molecule has 2 aliphatic heterocycles. The molecule has 1 fully saturated rings. The van der Waals surface area contributed by atoms with Crippen molar-refractivity contribution in [2.75, 3.05) is 27.2 Å². The number of nitrogens with two attached hydrogens (primary N) is 1. The maximum Gasteiger partial charge on any atom is 0.406 e. The summed E-state index contributed by atoms with van der Waals surface area (Å²) >= 11 is 0. The summed E-state index contributed by atoms with van der Waals surface area (Å²) < 4.78 is 0. The molecule has 1 saturated heterocycles. The quantitative estimate of drug-likeness (QED) is 0.665. The van der Waals surface area contributed by atoms with E-state index in [9.17, 15) is 9.90 Å². The molecule has 1 atom stereocenters. The van der Waals surface area contributed by atoms with Gasteiger partial charge in [0, 0.05) is 32.8 Å². The van der Waals surface area contributed by atoms with Crippen molar-refractivity contribution in [3.8, 4) is 0 Å². The van der Waals surface area contributed by atoms with Crippen LogP contribution in [0.2, 0.25) is 0 Å². The predicted molar refractivity (Wildman–Crippen MR) is 82.0 cm³/mol. The molecule has 0 spiro atoms. The number of rotatable bonds is 1. The molecule has 7 heteroatoms. The molecule has 0 aliphatic carbocycles. The Bertz CT molecular complexity index is 451. The Morgan fingerprint density at radius 2 is 1.95 bits per heavy atom. The lowest BCUT2D eigenvalue weighted by atomic mass is 10.0. The summed E-state index contributed by atoms with van der Waals surface area (Å²) in [5.74, 6) is 0.237. The van der Waals surface area contributed by atoms with Gasteiger partial charge in [-0.25, -0.2) is 9.79 Å². The third-order valence-electron chi connectivity index (χ3n) is 3.35. The number of amidine groups is 1. The summed E-state index contributed by atoms with van der Waals surface area (Å²) in [5, 5.41) is 17.6. The van der Waals surface area contributed by atoms with E-state index in [2.05, 4.69) is 16.5 Å². The van der Waals surface area contributed by atoms with Crippen LogP contribution in [0.25, 0.3) is 0 Å². The molecule has 1 unspecified atom stereocenters. The van der Waals surface area contributed by atoms with Crippen LogP contribution in [0.3, 0.4) is 0 Å². The summed E-state index contributed by atoms with van der Waals surface area (Å²) in [5.41, 5.74) is 7.15. The lowest BCUT2D eigenvalue weighted by Gasteiger charge is -2.34. The Kier molecular flexibility index (Phi) is 6.23. The SMILES string of the molecule is C=C1C(N2CCCCC2)=CN=C(N)C1O.CN(C)C(=O)O. The Morgan fingerprint density at radius 3 is 2.43 bits per heavy atom. The molecule has 7 nitrogen and oxygen atoms in total. The highest BCUT2D eigenvalue weighted by molar-refractivity contribution is 5.90. The van der Waals surface area contributed by atoms with Crippen LogP contribution in [-0.2, 0) is 0 Å². The van der Waals surface area contributed by atoms with Crippen LogP contribution in [0.1, 0.15) is 19.3 Å². The first-order chi connectivity index (χ1) is 9.84. The third kappa shape index (κ3) is 4.78. The van der Waals surface area contributed by atoms with E-state index in [1.807, 2.05) is 0 Å². The van der Waals surface area contributed by atoms with Crippen LogP contribution >= 0.6 is 0 Å². The minimum Gasteiger partial charge on any atom is -0.465 e. The molecule has 2 rings (SSSR count). The zero-order valence-corrected chi connectivity index (χ0v) is 12.6. The first kappa shape index (κ1) is 17.0. The summed E-state index contributed by atoms with van der Waals surface area (Å²) in [6.45, 7) is 5.92. The van der Waals surface area contributed by atoms with Crippen LogP contribution in [0.4, 0.5) is 4.79 Å². The maximum atomic E-state index is 9.72. The second kappa shape index (κ2) is 7.68. The van der Waals surface area contributed by atoms with Crippen molar-refractivity contribution in [3.05, 3.63) is 24.0 Å². The van der Waals surface area contributed by atoms with Gasteiger partial charge in [-0.3, -0.25) is 0 Å². The summed E-state index contributed by atoms with van der Waals surface area (Å²) in [7, 11) is 2.95. The van der Waals surface area contributed by atoms with Crippen LogP contribution in [0.15, 0.2) is 29.0 Å². The molecule has 0 aromatic carbocycles. The highest BCUT2D eigenvalue weighted by Crippen LogP contribution is 2.24. The Labute approximate surface area is 125 Å². The maximum absolute atomic E-state index is 9.72. The second-order valence-electron chi connectivity index (χ2n) is 5.22. The summed E-state index contributed by atoms with van der Waals surface area (Å²) in [6.07, 6.45) is 3.67. The van der Waals surface area contributed by atoms with Crippen LogP contribution in [0, 0.1) is 0 Å². The fourth-order valence-corrected chi connectivity index (χ4v) is 2.03. The smallest absolute Gasteiger partial charge is 0.406 e. The summed E-state index contributed by atoms with van der Waals surface area (Å²) in [4.78, 5) is 16.9. The van der Waals surface area contributed by atoms with E-state index in [-0.39, 0.29) is 5.84 Å². The van der Waals surface area contributed by atoms with Gasteiger partial charge in [-0.2, -0.15) is 0 Å². The van der Waals surface area contributed by atoms with Gasteiger partial charge in [0.25, 0.3) is 0 Å². The largest absolute Gasteiger partial charge is 0.465 e. The Balaban J connectivity index is 0.000000315. The van der Waals surface area contributed by atoms with Crippen LogP contribution in [0.5, 0.6) is 0 Å². The first-order valence-electron chi connectivity index (χ1n) is 6.90. The molecule has 4 N–H and O–H groups in total. The lowest BCUT2D eigenvalue weighted by Crippen LogP contribution is -2.38. The van der Waals surface area contributed by atoms with Gasteiger partial charge in [0.2, 0.25) is 0 Å². The van der Waals surface area contributed by atoms with E-state index in [4.69, 9.17) is 10.8 Å². The number of hydrogen-bond donors (Lipinski definition) is 3. The Morgan fingerprint density at radius 1 is 1.43 bits per heavy atom. The molecule has 0 aromatic rings. The van der Waals surface area contributed by atoms with E-state index in [0.29, 0.717) is 5.57 Å². The van der Waals surface area contributed by atoms with Crippen LogP contribution in [-0.4, -0.2) is 65.2 Å². The standard InChI is InChI=1S/C11H17N3O.C3H7NO2/c1-8-9(7-13-11(12)10(8)15)14-5-3-2-4-6-14;1-4(2)3(5)6/h7,10,15H,1-6H2,(H2,12,13);1-2H3,(H,5,6). The molecular weight excluding hydrogens is 272 g/mol. The topological polar surface area (TPSA) is 102 Å². The van der Waals surface area contributed by atoms with Gasteiger partial charge >= 0.3 is 6.09 Å². The van der Waals surface area contributed by atoms with E-state index >= 15 is 0 Å². The first-order valence-corrected chi connectivity index (χ1v) is 6.90. The minimum atomic E-state index is -0.907. The number of carboxylic acid groups (broad SMARTS) is 1. The van der Waals surface area contributed by atoms with Gasteiger partial charge in [-0.1, -0.05) is 6.58 Å². The lowest BCUT2D eigenvalue weighted by molar-refractivity contribution is 0.165. The van der Waals surface area contributed by atoms with Crippen molar-refractivity contribution in [1.29, 1.82) is 0 Å². The number of amides is 1. The normalized spacial score (nSPS) is 21.8. The van der Waals surface area contributed by atoms with Crippen molar-refractivity contribution < 1.29 is 15.0 Å². The number of carbonyl (C=O) groups is 1. The van der Waals surface area contributed by atoms with E-state index in [1.54, 1.807) is 6.20 Å². The third-order valence-corrected chi connectivity index (χ3v) is 3.35. The van der Waals surface area contributed by atoms with E-state index in [1.165, 1.54) is 33.4 Å². The number of aliphatic hydroxyl groups is 1. The molecular formula is C14H24N4O3. The highest BCUT2D eigenvalue weighted by atomic mass is 16.4. The zero-order chi connectivity index (χ0) is 16.0. The molecule has 118 valence electrons. The van der Waals surface area contributed by atoms with Gasteiger partial charge < -0.3 is 25.7 Å². The van der Waals surface area contributed by atoms with Crippen molar-refractivity contribution in [2.24, 2.45) is 10.7 Å². The molecule has 0 bridgehead atoms. The molecule has 1 amide bonds. The molecule has 2 aliphatic rings. The van der Waals surface area contributed by atoms with Crippen molar-refractivity contribution in [1.82, 2.24) is 9.80 Å². The molecule has 0 aromatic heterocycles. The zero-order valence-electron chi connectivity index (χ0n) is 12.6. The number of nitrogens with zero attached hydrogens (tertiary/aromatic N) is 3. The van der Waals surface area contributed by atoms with Gasteiger partial charge in [-0.05, 0) is 19.3 Å². The summed E-state index contributed by atoms with van der Waals surface area (Å²) in [6, 6.07) is 0. The van der Waals surface area contributed by atoms with Crippen molar-refractivity contribution >= 4 is 11.9 Å². The van der Waals surface area contributed by atoms with Crippen molar-refractivity contribution in [3.63, 3.8) is 0 Å². The fraction of sp³-hybridized carbons (Fsp3) is 0.571. The number of hydrogen-bond acceptors (Lipinski definition) is 5. The van der Waals surface area contributed by atoms with E-state index < -0.39 is 12.2 Å². The van der Waals surface area contributed by atoms with Gasteiger partial charge in [0.15, 0.2) is 0 Å². The minimum absolute atomic E-state index is 0.237. The number of aliphatic imine (C=N–C) groups is 1. The predicted octanol–water partition coefficient (Wildman–Crippen LogP) is 0.828. The highest BCUT2D eigenvalue weighted by Gasteiger charge is 2.25. The number of likely N-dealkylation sites (tertiary alicyclic amines) is 1. The number of aliphatic hydroxyl groups excluding tert-OH is 1. The van der Waals surface area contributed by atoms with Crippen molar-refractivity contribution in [2.45, 2.75) is 25.4 Å². The molecule has 0 saturated carbocycles. The second-order valence-corrected chi connectivity index (χ2v) is 5.22. The molecule has 21 heavy (non-hydrogen) atoms. The molecule has 2 heterocycles. The average molecular weight is 296 g/mol. The average Bonchev–Trinajstić information content (AvgIpc) is 2.46. The monoisotopic (exact) mass is 296 g/mol. The number of piperidine rings is 1. The van der Waals surface area contributed by atoms with Gasteiger partial charge in [0.1, 0.15) is 11.9 Å². The van der Waals surface area contributed by atoms with Gasteiger partial charge in [-0.15, -0.1) is 0 Å². The van der Waals surface area contributed by atoms with Crippen LogP contribution < -0.4 is 5.73 Å². The molecule has 0 radical (unpaired) electrons. The van der Waals surface area contributed by atoms with Gasteiger partial charge in [0.05, 0.1) is 11.9 Å². The Hall–Kier alpha value is -2.02. The fourth-order valence-electron chi connectivity index (χ4n) is 2.03.